The number of aliphatic hydroxyl groups excluding tert-OH is 1. The van der Waals surface area contributed by atoms with Crippen molar-refractivity contribution in [1.82, 2.24) is 10.2 Å². The molecule has 2 rings (SSSR count). The zero-order valence-electron chi connectivity index (χ0n) is 17.3. The van der Waals surface area contributed by atoms with E-state index >= 15 is 0 Å². The summed E-state index contributed by atoms with van der Waals surface area (Å²) in [5, 5.41) is 13.4. The van der Waals surface area contributed by atoms with Gasteiger partial charge in [-0.2, -0.15) is 0 Å². The molecule has 0 heterocycles. The van der Waals surface area contributed by atoms with E-state index in [0.29, 0.717) is 23.4 Å². The molecule has 0 fully saturated rings. The van der Waals surface area contributed by atoms with Gasteiger partial charge in [0.05, 0.1) is 0 Å². The molecule has 0 radical (unpaired) electrons. The van der Waals surface area contributed by atoms with Crippen LogP contribution in [0.15, 0.2) is 54.6 Å². The van der Waals surface area contributed by atoms with Crippen LogP contribution >= 0.6 is 0 Å². The normalized spacial score (nSPS) is 12.8. The summed E-state index contributed by atoms with van der Waals surface area (Å²) in [5.74, 6) is 0.619. The first-order valence-electron chi connectivity index (χ1n) is 9.63. The molecule has 2 aromatic rings. The number of hydrogen-bond donors (Lipinski definition) is 2. The summed E-state index contributed by atoms with van der Waals surface area (Å²) in [6, 6.07) is 16.2. The lowest BCUT2D eigenvalue weighted by Gasteiger charge is -2.29. The number of rotatable bonds is 11. The second kappa shape index (κ2) is 10.4. The van der Waals surface area contributed by atoms with Crippen molar-refractivity contribution in [3.05, 3.63) is 65.7 Å². The van der Waals surface area contributed by atoms with Crippen LogP contribution in [0.25, 0.3) is 0 Å². The average Bonchev–Trinajstić information content (AvgIpc) is 2.65. The van der Waals surface area contributed by atoms with Crippen LogP contribution in [0.1, 0.15) is 29.8 Å². The Balaban J connectivity index is 1.76. The Labute approximate surface area is 168 Å². The fourth-order valence-corrected chi connectivity index (χ4v) is 3.20. The molecule has 1 atom stereocenters. The molecule has 0 aliphatic carbocycles. The molecule has 0 aromatic heterocycles. The molecule has 0 saturated carbocycles. The van der Waals surface area contributed by atoms with Gasteiger partial charge in [-0.25, -0.2) is 0 Å². The smallest absolute Gasteiger partial charge is 0.193 e. The summed E-state index contributed by atoms with van der Waals surface area (Å²) in [6.45, 7) is 6.86. The molecule has 5 heteroatoms. The van der Waals surface area contributed by atoms with Crippen molar-refractivity contribution in [3.63, 3.8) is 0 Å². The van der Waals surface area contributed by atoms with E-state index in [1.54, 1.807) is 36.4 Å². The predicted octanol–water partition coefficient (Wildman–Crippen LogP) is 2.83. The van der Waals surface area contributed by atoms with E-state index in [0.717, 1.165) is 13.1 Å². The second-order valence-electron chi connectivity index (χ2n) is 8.22. The Kier molecular flexibility index (Phi) is 8.18. The number of hydrogen-bond acceptors (Lipinski definition) is 5. The van der Waals surface area contributed by atoms with E-state index < -0.39 is 6.10 Å². The van der Waals surface area contributed by atoms with Crippen molar-refractivity contribution in [2.45, 2.75) is 20.0 Å². The number of nitrogens with one attached hydrogen (secondary N) is 1. The first kappa shape index (κ1) is 22.1. The first-order valence-corrected chi connectivity index (χ1v) is 9.63. The van der Waals surface area contributed by atoms with Crippen LogP contribution in [0.2, 0.25) is 0 Å². The number of nitrogens with zero attached hydrogens (tertiary/aromatic N) is 1. The van der Waals surface area contributed by atoms with Gasteiger partial charge >= 0.3 is 0 Å². The van der Waals surface area contributed by atoms with E-state index in [9.17, 15) is 9.90 Å². The lowest BCUT2D eigenvalue weighted by Crippen LogP contribution is -2.41. The van der Waals surface area contributed by atoms with E-state index in [1.807, 2.05) is 18.2 Å². The molecule has 0 amide bonds. The van der Waals surface area contributed by atoms with Crippen LogP contribution in [0.3, 0.4) is 0 Å². The van der Waals surface area contributed by atoms with Crippen LogP contribution in [-0.4, -0.2) is 62.2 Å². The van der Waals surface area contributed by atoms with E-state index in [-0.39, 0.29) is 17.8 Å². The zero-order chi connectivity index (χ0) is 20.6. The minimum absolute atomic E-state index is 0.0169. The van der Waals surface area contributed by atoms with Gasteiger partial charge in [-0.1, -0.05) is 44.2 Å². The maximum atomic E-state index is 12.4. The van der Waals surface area contributed by atoms with Crippen molar-refractivity contribution >= 4 is 5.78 Å². The van der Waals surface area contributed by atoms with Gasteiger partial charge < -0.3 is 20.1 Å². The van der Waals surface area contributed by atoms with Crippen LogP contribution in [0.4, 0.5) is 0 Å². The molecule has 0 bridgehead atoms. The highest BCUT2D eigenvalue weighted by Gasteiger charge is 2.19. The summed E-state index contributed by atoms with van der Waals surface area (Å²) >= 11 is 0. The first-order chi connectivity index (χ1) is 13.3. The molecule has 152 valence electrons. The van der Waals surface area contributed by atoms with Gasteiger partial charge in [0, 0.05) is 30.8 Å². The fourth-order valence-electron chi connectivity index (χ4n) is 3.20. The molecular formula is C23H32N2O3. The van der Waals surface area contributed by atoms with E-state index in [2.05, 4.69) is 38.2 Å². The molecule has 0 unspecified atom stereocenters. The van der Waals surface area contributed by atoms with Crippen molar-refractivity contribution in [2.24, 2.45) is 5.41 Å². The van der Waals surface area contributed by atoms with Crippen LogP contribution in [0, 0.1) is 5.41 Å². The van der Waals surface area contributed by atoms with Crippen LogP contribution in [0.5, 0.6) is 5.75 Å². The van der Waals surface area contributed by atoms with E-state index in [4.69, 9.17) is 4.74 Å². The minimum Gasteiger partial charge on any atom is -0.491 e. The maximum absolute atomic E-state index is 12.4. The SMILES string of the molecule is CN(C)CC(C)(C)CNC[C@H](O)COc1ccc(C(=O)c2ccccc2)cc1. The molecule has 0 spiro atoms. The fraction of sp³-hybridized carbons (Fsp3) is 0.435. The Bertz CT molecular complexity index is 727. The molecule has 0 saturated heterocycles. The molecular weight excluding hydrogens is 352 g/mol. The quantitative estimate of drug-likeness (QED) is 0.584. The zero-order valence-corrected chi connectivity index (χ0v) is 17.3. The topological polar surface area (TPSA) is 61.8 Å². The van der Waals surface area contributed by atoms with Gasteiger partial charge in [0.1, 0.15) is 18.5 Å². The highest BCUT2D eigenvalue weighted by molar-refractivity contribution is 6.08. The van der Waals surface area contributed by atoms with Gasteiger partial charge in [0.2, 0.25) is 0 Å². The average molecular weight is 385 g/mol. The summed E-state index contributed by atoms with van der Waals surface area (Å²) < 4.78 is 5.65. The Hall–Kier alpha value is -2.21. The number of benzene rings is 2. The molecule has 2 N–H and O–H groups in total. The van der Waals surface area contributed by atoms with Gasteiger partial charge in [-0.05, 0) is 43.8 Å². The van der Waals surface area contributed by atoms with E-state index in [1.165, 1.54) is 0 Å². The van der Waals surface area contributed by atoms with Gasteiger partial charge in [0.25, 0.3) is 0 Å². The highest BCUT2D eigenvalue weighted by Crippen LogP contribution is 2.16. The molecule has 0 aliphatic rings. The molecule has 2 aromatic carbocycles. The van der Waals surface area contributed by atoms with Crippen molar-refractivity contribution in [2.75, 3.05) is 40.3 Å². The van der Waals surface area contributed by atoms with Crippen LogP contribution in [-0.2, 0) is 0 Å². The van der Waals surface area contributed by atoms with Crippen molar-refractivity contribution < 1.29 is 14.6 Å². The lowest BCUT2D eigenvalue weighted by atomic mass is 9.93. The van der Waals surface area contributed by atoms with Gasteiger partial charge in [-0.15, -0.1) is 0 Å². The summed E-state index contributed by atoms with van der Waals surface area (Å²) in [5.41, 5.74) is 1.41. The Morgan fingerprint density at radius 2 is 1.68 bits per heavy atom. The molecule has 28 heavy (non-hydrogen) atoms. The highest BCUT2D eigenvalue weighted by atomic mass is 16.5. The maximum Gasteiger partial charge on any atom is 0.193 e. The third-order valence-electron chi connectivity index (χ3n) is 4.32. The predicted molar refractivity (Wildman–Crippen MR) is 113 cm³/mol. The Morgan fingerprint density at radius 1 is 1.07 bits per heavy atom. The van der Waals surface area contributed by atoms with Gasteiger partial charge in [-0.3, -0.25) is 4.79 Å². The number of carbonyl (C=O) groups excluding carboxylic acids is 1. The summed E-state index contributed by atoms with van der Waals surface area (Å²) in [6.07, 6.45) is -0.596. The monoisotopic (exact) mass is 384 g/mol. The van der Waals surface area contributed by atoms with Crippen molar-refractivity contribution in [1.29, 1.82) is 0 Å². The van der Waals surface area contributed by atoms with Gasteiger partial charge in [0.15, 0.2) is 5.78 Å². The standard InChI is InChI=1S/C23H32N2O3/c1-23(2,17-25(3)4)16-24-14-20(26)15-28-21-12-10-19(11-13-21)22(27)18-8-6-5-7-9-18/h5-13,20,24,26H,14-17H2,1-4H3/t20-/m0/s1. The molecule has 0 aliphatic heterocycles. The number of aliphatic hydroxyl groups is 1. The third kappa shape index (κ3) is 7.43. The number of ether oxygens (including phenoxy) is 1. The lowest BCUT2D eigenvalue weighted by molar-refractivity contribution is 0.101. The van der Waals surface area contributed by atoms with Crippen molar-refractivity contribution in [3.8, 4) is 5.75 Å². The van der Waals surface area contributed by atoms with Crippen LogP contribution < -0.4 is 10.1 Å². The molecule has 5 nitrogen and oxygen atoms in total. The number of ketones is 1. The summed E-state index contributed by atoms with van der Waals surface area (Å²) in [4.78, 5) is 14.6. The number of carbonyl (C=O) groups is 1. The summed E-state index contributed by atoms with van der Waals surface area (Å²) in [7, 11) is 4.12. The second-order valence-corrected chi connectivity index (χ2v) is 8.22. The minimum atomic E-state index is -0.596. The Morgan fingerprint density at radius 3 is 2.29 bits per heavy atom. The largest absolute Gasteiger partial charge is 0.491 e. The third-order valence-corrected chi connectivity index (χ3v) is 4.32.